The molecular weight excluding hydrogens is 264 g/mol. The summed E-state index contributed by atoms with van der Waals surface area (Å²) in [6.07, 6.45) is 0.656. The molecule has 98 valence electrons. The molecule has 0 amide bonds. The Morgan fingerprint density at radius 3 is 2.30 bits per heavy atom. The molecule has 20 heavy (non-hydrogen) atoms. The lowest BCUT2D eigenvalue weighted by Crippen LogP contribution is -2.08. The van der Waals surface area contributed by atoms with Gasteiger partial charge in [-0.1, -0.05) is 60.7 Å². The van der Waals surface area contributed by atoms with Gasteiger partial charge in [-0.05, 0) is 40.7 Å². The Morgan fingerprint density at radius 2 is 1.50 bits per heavy atom. The number of ether oxygens (including phenoxy) is 1. The molecule has 0 aromatic heterocycles. The average molecular weight is 278 g/mol. The van der Waals surface area contributed by atoms with Gasteiger partial charge in [0, 0.05) is 6.42 Å². The minimum atomic E-state index is 0.589. The SMILES string of the molecule is S=C(Cc1ccccc1)Oc1ccc2ccccc2c1. The van der Waals surface area contributed by atoms with Crippen LogP contribution >= 0.6 is 12.2 Å². The third-order valence-corrected chi connectivity index (χ3v) is 3.37. The molecule has 0 spiro atoms. The Labute approximate surface area is 123 Å². The van der Waals surface area contributed by atoms with Gasteiger partial charge in [-0.15, -0.1) is 0 Å². The van der Waals surface area contributed by atoms with Crippen LogP contribution < -0.4 is 4.74 Å². The normalized spacial score (nSPS) is 10.4. The van der Waals surface area contributed by atoms with Crippen LogP contribution in [0.4, 0.5) is 0 Å². The summed E-state index contributed by atoms with van der Waals surface area (Å²) in [5.41, 5.74) is 1.17. The topological polar surface area (TPSA) is 9.23 Å². The fourth-order valence-corrected chi connectivity index (χ4v) is 2.42. The zero-order chi connectivity index (χ0) is 13.8. The maximum Gasteiger partial charge on any atom is 0.171 e. The molecular formula is C18H14OS. The summed E-state index contributed by atoms with van der Waals surface area (Å²) in [4.78, 5) is 0. The van der Waals surface area contributed by atoms with E-state index in [0.29, 0.717) is 11.5 Å². The first-order chi connectivity index (χ1) is 9.81. The predicted molar refractivity (Wildman–Crippen MR) is 87.3 cm³/mol. The molecule has 0 heterocycles. The number of benzene rings is 3. The summed E-state index contributed by atoms with van der Waals surface area (Å²) in [6.45, 7) is 0. The van der Waals surface area contributed by atoms with E-state index in [-0.39, 0.29) is 0 Å². The van der Waals surface area contributed by atoms with Crippen molar-refractivity contribution in [3.05, 3.63) is 78.4 Å². The van der Waals surface area contributed by atoms with Gasteiger partial charge in [0.15, 0.2) is 5.05 Å². The molecule has 3 aromatic carbocycles. The molecule has 1 nitrogen and oxygen atoms in total. The second kappa shape index (κ2) is 5.85. The second-order valence-corrected chi connectivity index (χ2v) is 5.10. The molecule has 0 fully saturated rings. The van der Waals surface area contributed by atoms with Gasteiger partial charge in [0.25, 0.3) is 0 Å². The van der Waals surface area contributed by atoms with Gasteiger partial charge in [-0.25, -0.2) is 0 Å². The van der Waals surface area contributed by atoms with Crippen LogP contribution in [0, 0.1) is 0 Å². The van der Waals surface area contributed by atoms with E-state index in [1.165, 1.54) is 10.9 Å². The zero-order valence-electron chi connectivity index (χ0n) is 11.0. The fraction of sp³-hybridized carbons (Fsp3) is 0.0556. The van der Waals surface area contributed by atoms with Gasteiger partial charge in [0.1, 0.15) is 5.75 Å². The van der Waals surface area contributed by atoms with Crippen LogP contribution in [0.3, 0.4) is 0 Å². The first-order valence-electron chi connectivity index (χ1n) is 6.55. The van der Waals surface area contributed by atoms with Crippen molar-refractivity contribution in [3.63, 3.8) is 0 Å². The minimum Gasteiger partial charge on any atom is -0.450 e. The van der Waals surface area contributed by atoms with Crippen LogP contribution in [0.2, 0.25) is 0 Å². The van der Waals surface area contributed by atoms with Crippen LogP contribution in [-0.2, 0) is 6.42 Å². The van der Waals surface area contributed by atoms with Gasteiger partial charge in [0.2, 0.25) is 0 Å². The van der Waals surface area contributed by atoms with Crippen LogP contribution in [0.25, 0.3) is 10.8 Å². The Kier molecular flexibility index (Phi) is 3.75. The molecule has 0 saturated carbocycles. The van der Waals surface area contributed by atoms with E-state index in [2.05, 4.69) is 30.3 Å². The van der Waals surface area contributed by atoms with Crippen molar-refractivity contribution < 1.29 is 4.74 Å². The third-order valence-electron chi connectivity index (χ3n) is 3.14. The van der Waals surface area contributed by atoms with E-state index in [1.54, 1.807) is 0 Å². The lowest BCUT2D eigenvalue weighted by molar-refractivity contribution is 0.554. The second-order valence-electron chi connectivity index (χ2n) is 4.65. The average Bonchev–Trinajstić information content (AvgIpc) is 2.48. The zero-order valence-corrected chi connectivity index (χ0v) is 11.8. The number of rotatable bonds is 3. The lowest BCUT2D eigenvalue weighted by Gasteiger charge is -2.08. The van der Waals surface area contributed by atoms with Crippen molar-refractivity contribution in [1.29, 1.82) is 0 Å². The molecule has 3 aromatic rings. The molecule has 0 unspecified atom stereocenters. The van der Waals surface area contributed by atoms with E-state index in [4.69, 9.17) is 17.0 Å². The Bertz CT molecular complexity index is 735. The van der Waals surface area contributed by atoms with E-state index in [0.717, 1.165) is 11.1 Å². The number of hydrogen-bond acceptors (Lipinski definition) is 2. The number of fused-ring (bicyclic) bond motifs is 1. The van der Waals surface area contributed by atoms with Crippen molar-refractivity contribution >= 4 is 28.0 Å². The van der Waals surface area contributed by atoms with Gasteiger partial charge in [-0.2, -0.15) is 0 Å². The predicted octanol–water partition coefficient (Wildman–Crippen LogP) is 4.79. The first kappa shape index (κ1) is 12.8. The Morgan fingerprint density at radius 1 is 0.800 bits per heavy atom. The summed E-state index contributed by atoms with van der Waals surface area (Å²) in [5.74, 6) is 0.796. The van der Waals surface area contributed by atoms with Crippen LogP contribution in [-0.4, -0.2) is 5.05 Å². The number of thiocarbonyl (C=S) groups is 1. The standard InChI is InChI=1S/C18H14OS/c20-18(12-14-6-2-1-3-7-14)19-17-11-10-15-8-4-5-9-16(15)13-17/h1-11,13H,12H2. The van der Waals surface area contributed by atoms with E-state index >= 15 is 0 Å². The maximum absolute atomic E-state index is 5.76. The monoisotopic (exact) mass is 278 g/mol. The molecule has 2 heteroatoms. The summed E-state index contributed by atoms with van der Waals surface area (Å²) in [5, 5.41) is 2.95. The van der Waals surface area contributed by atoms with Crippen molar-refractivity contribution in [2.24, 2.45) is 0 Å². The van der Waals surface area contributed by atoms with Crippen molar-refractivity contribution in [2.75, 3.05) is 0 Å². The van der Waals surface area contributed by atoms with Crippen LogP contribution in [0.15, 0.2) is 72.8 Å². The highest BCUT2D eigenvalue weighted by Gasteiger charge is 2.03. The van der Waals surface area contributed by atoms with Crippen LogP contribution in [0.5, 0.6) is 5.75 Å². The summed E-state index contributed by atoms with van der Waals surface area (Å²) in [6, 6.07) is 24.4. The highest BCUT2D eigenvalue weighted by Crippen LogP contribution is 2.21. The molecule has 0 aliphatic rings. The first-order valence-corrected chi connectivity index (χ1v) is 6.95. The quantitative estimate of drug-likeness (QED) is 0.637. The summed E-state index contributed by atoms with van der Waals surface area (Å²) in [7, 11) is 0. The Balaban J connectivity index is 1.74. The van der Waals surface area contributed by atoms with Crippen molar-refractivity contribution in [2.45, 2.75) is 6.42 Å². The lowest BCUT2D eigenvalue weighted by atomic mass is 10.1. The van der Waals surface area contributed by atoms with Crippen molar-refractivity contribution in [3.8, 4) is 5.75 Å². The fourth-order valence-electron chi connectivity index (χ4n) is 2.16. The highest BCUT2D eigenvalue weighted by atomic mass is 32.1. The summed E-state index contributed by atoms with van der Waals surface area (Å²) < 4.78 is 5.76. The largest absolute Gasteiger partial charge is 0.450 e. The highest BCUT2D eigenvalue weighted by molar-refractivity contribution is 7.80. The van der Waals surface area contributed by atoms with Gasteiger partial charge in [0.05, 0.1) is 0 Å². The van der Waals surface area contributed by atoms with Gasteiger partial charge < -0.3 is 4.74 Å². The smallest absolute Gasteiger partial charge is 0.171 e. The molecule has 0 aliphatic heterocycles. The molecule has 0 bridgehead atoms. The molecule has 0 saturated heterocycles. The Hall–Kier alpha value is -2.19. The van der Waals surface area contributed by atoms with Crippen molar-refractivity contribution in [1.82, 2.24) is 0 Å². The molecule has 0 aliphatic carbocycles. The van der Waals surface area contributed by atoms with E-state index in [1.807, 2.05) is 42.5 Å². The maximum atomic E-state index is 5.76. The molecule has 0 radical (unpaired) electrons. The minimum absolute atomic E-state index is 0.589. The number of hydrogen-bond donors (Lipinski definition) is 0. The van der Waals surface area contributed by atoms with Gasteiger partial charge in [-0.3, -0.25) is 0 Å². The molecule has 0 N–H and O–H groups in total. The molecule has 3 rings (SSSR count). The van der Waals surface area contributed by atoms with E-state index < -0.39 is 0 Å². The summed E-state index contributed by atoms with van der Waals surface area (Å²) >= 11 is 5.32. The van der Waals surface area contributed by atoms with Crippen LogP contribution in [0.1, 0.15) is 5.56 Å². The van der Waals surface area contributed by atoms with E-state index in [9.17, 15) is 0 Å². The molecule has 0 atom stereocenters. The third kappa shape index (κ3) is 3.03. The van der Waals surface area contributed by atoms with Gasteiger partial charge >= 0.3 is 0 Å².